The largest absolute Gasteiger partial charge is 0.344 e. The highest BCUT2D eigenvalue weighted by Gasteiger charge is 2.45. The molecule has 1 aromatic heterocycles. The lowest BCUT2D eigenvalue weighted by Gasteiger charge is -2.43. The Balaban J connectivity index is 1.57. The minimum atomic E-state index is -1.06. The summed E-state index contributed by atoms with van der Waals surface area (Å²) < 4.78 is 0. The zero-order chi connectivity index (χ0) is 25.8. The molecule has 4 amide bonds. The fourth-order valence-corrected chi connectivity index (χ4v) is 4.66. The first-order chi connectivity index (χ1) is 17.3. The molecule has 3 unspecified atom stereocenters. The fraction of sp³-hybridized carbons (Fsp3) is 0.400. The van der Waals surface area contributed by atoms with Crippen molar-refractivity contribution in [3.8, 4) is 0 Å². The average Bonchev–Trinajstić information content (AvgIpc) is 2.99. The van der Waals surface area contributed by atoms with Crippen LogP contribution in [-0.4, -0.2) is 75.4 Å². The van der Waals surface area contributed by atoms with Crippen LogP contribution in [-0.2, 0) is 24.0 Å². The Labute approximate surface area is 207 Å². The highest BCUT2D eigenvalue weighted by atomic mass is 16.2. The minimum absolute atomic E-state index is 0.00575. The van der Waals surface area contributed by atoms with E-state index in [1.165, 1.54) is 18.1 Å². The van der Waals surface area contributed by atoms with Gasteiger partial charge in [-0.05, 0) is 37.6 Å². The van der Waals surface area contributed by atoms with Gasteiger partial charge in [-0.1, -0.05) is 24.3 Å². The number of amides is 4. The Bertz CT molecular complexity index is 1230. The molecule has 2 saturated heterocycles. The van der Waals surface area contributed by atoms with Crippen LogP contribution in [0.15, 0.2) is 36.5 Å². The van der Waals surface area contributed by atoms with E-state index in [-0.39, 0.29) is 49.6 Å². The molecule has 3 heterocycles. The number of nitrogens with one attached hydrogen (secondary N) is 2. The van der Waals surface area contributed by atoms with Gasteiger partial charge in [0.2, 0.25) is 11.8 Å². The minimum Gasteiger partial charge on any atom is -0.344 e. The van der Waals surface area contributed by atoms with Gasteiger partial charge in [-0.3, -0.25) is 34.0 Å². The third-order valence-electron chi connectivity index (χ3n) is 6.36. The van der Waals surface area contributed by atoms with Crippen LogP contribution in [0.2, 0.25) is 0 Å². The van der Waals surface area contributed by atoms with Crippen molar-refractivity contribution >= 4 is 46.5 Å². The van der Waals surface area contributed by atoms with Gasteiger partial charge in [0.15, 0.2) is 0 Å². The number of aromatic nitrogens is 1. The first-order valence-electron chi connectivity index (χ1n) is 11.8. The van der Waals surface area contributed by atoms with Gasteiger partial charge in [-0.15, -0.1) is 0 Å². The van der Waals surface area contributed by atoms with E-state index < -0.39 is 35.8 Å². The Kier molecular flexibility index (Phi) is 7.37. The molecule has 4 rings (SSSR count). The standard InChI is InChI=1S/C25H27N5O6/c1-15(32)13-17(14-31)27-23(34)20-7-4-12-29-21(33)9-8-19(25(36)30(20)29)28-24(35)22-18-6-3-2-5-16(18)10-11-26-22/h2-3,5-6,10-11,14,17,19-20H,4,7-9,12-13H2,1H3,(H,27,34)(H,28,35). The number of ketones is 1. The van der Waals surface area contributed by atoms with Gasteiger partial charge in [0.25, 0.3) is 11.8 Å². The number of nitrogens with zero attached hydrogens (tertiary/aromatic N) is 3. The molecule has 2 aromatic rings. The van der Waals surface area contributed by atoms with Gasteiger partial charge in [0.1, 0.15) is 29.8 Å². The van der Waals surface area contributed by atoms with E-state index >= 15 is 0 Å². The summed E-state index contributed by atoms with van der Waals surface area (Å²) >= 11 is 0. The van der Waals surface area contributed by atoms with Crippen molar-refractivity contribution < 1.29 is 28.8 Å². The first-order valence-corrected chi connectivity index (χ1v) is 11.8. The number of carbonyl (C=O) groups is 6. The van der Waals surface area contributed by atoms with Crippen LogP contribution >= 0.6 is 0 Å². The summed E-state index contributed by atoms with van der Waals surface area (Å²) in [5.74, 6) is -2.41. The molecular formula is C25H27N5O6. The SMILES string of the molecule is CC(=O)CC(C=O)NC(=O)C1CCCN2C(=O)CCC(NC(=O)c3nccc4ccccc34)C(=O)N12. The number of hydrogen-bond donors (Lipinski definition) is 2. The molecule has 0 radical (unpaired) electrons. The normalized spacial score (nSPS) is 20.8. The van der Waals surface area contributed by atoms with Crippen LogP contribution in [0.4, 0.5) is 0 Å². The van der Waals surface area contributed by atoms with E-state index in [0.29, 0.717) is 18.1 Å². The third kappa shape index (κ3) is 5.09. The molecule has 2 fully saturated rings. The van der Waals surface area contributed by atoms with Gasteiger partial charge in [0.05, 0.1) is 6.04 Å². The van der Waals surface area contributed by atoms with Crippen molar-refractivity contribution in [2.45, 2.75) is 57.2 Å². The van der Waals surface area contributed by atoms with E-state index in [4.69, 9.17) is 0 Å². The summed E-state index contributed by atoms with van der Waals surface area (Å²) in [4.78, 5) is 79.6. The zero-order valence-electron chi connectivity index (χ0n) is 19.8. The topological polar surface area (TPSA) is 146 Å². The molecule has 2 N–H and O–H groups in total. The molecule has 0 saturated carbocycles. The number of pyridine rings is 1. The molecule has 1 aromatic carbocycles. The number of Topliss-reactive ketones (excluding diaryl/α,β-unsaturated/α-hetero) is 1. The van der Waals surface area contributed by atoms with E-state index in [0.717, 1.165) is 10.4 Å². The van der Waals surface area contributed by atoms with Gasteiger partial charge in [-0.2, -0.15) is 0 Å². The fourth-order valence-electron chi connectivity index (χ4n) is 4.66. The Morgan fingerprint density at radius 2 is 1.94 bits per heavy atom. The number of carbonyl (C=O) groups excluding carboxylic acids is 6. The van der Waals surface area contributed by atoms with Crippen molar-refractivity contribution in [2.75, 3.05) is 6.54 Å². The van der Waals surface area contributed by atoms with Gasteiger partial charge < -0.3 is 15.4 Å². The summed E-state index contributed by atoms with van der Waals surface area (Å²) in [6.07, 6.45) is 2.61. The summed E-state index contributed by atoms with van der Waals surface area (Å²) in [5, 5.41) is 8.99. The van der Waals surface area contributed by atoms with E-state index in [9.17, 15) is 28.8 Å². The molecule has 3 atom stereocenters. The maximum atomic E-state index is 13.6. The lowest BCUT2D eigenvalue weighted by Crippen LogP contribution is -2.64. The number of hydrazine groups is 1. The zero-order valence-corrected chi connectivity index (χ0v) is 19.8. The number of aldehydes is 1. The van der Waals surface area contributed by atoms with Crippen molar-refractivity contribution in [3.63, 3.8) is 0 Å². The second-order valence-electron chi connectivity index (χ2n) is 8.96. The van der Waals surface area contributed by atoms with Crippen molar-refractivity contribution in [2.24, 2.45) is 0 Å². The summed E-state index contributed by atoms with van der Waals surface area (Å²) in [6, 6.07) is 5.85. The summed E-state index contributed by atoms with van der Waals surface area (Å²) in [5.41, 5.74) is 0.152. The molecule has 36 heavy (non-hydrogen) atoms. The van der Waals surface area contributed by atoms with Gasteiger partial charge in [-0.25, -0.2) is 5.01 Å². The van der Waals surface area contributed by atoms with Crippen LogP contribution in [0.1, 0.15) is 49.5 Å². The Morgan fingerprint density at radius 3 is 2.69 bits per heavy atom. The lowest BCUT2D eigenvalue weighted by atomic mass is 10.0. The number of fused-ring (bicyclic) bond motifs is 2. The van der Waals surface area contributed by atoms with Crippen molar-refractivity contribution in [3.05, 3.63) is 42.2 Å². The van der Waals surface area contributed by atoms with Crippen LogP contribution in [0.5, 0.6) is 0 Å². The molecule has 188 valence electrons. The molecule has 0 aliphatic carbocycles. The quantitative estimate of drug-likeness (QED) is 0.535. The van der Waals surface area contributed by atoms with E-state index in [1.54, 1.807) is 18.2 Å². The second-order valence-corrected chi connectivity index (χ2v) is 8.96. The maximum absolute atomic E-state index is 13.6. The molecule has 11 nitrogen and oxygen atoms in total. The number of rotatable bonds is 7. The molecule has 0 bridgehead atoms. The maximum Gasteiger partial charge on any atom is 0.271 e. The number of benzene rings is 1. The van der Waals surface area contributed by atoms with Crippen molar-refractivity contribution in [1.29, 1.82) is 0 Å². The van der Waals surface area contributed by atoms with Crippen LogP contribution in [0, 0.1) is 0 Å². The molecule has 2 aliphatic rings. The molecule has 11 heteroatoms. The average molecular weight is 494 g/mol. The van der Waals surface area contributed by atoms with Crippen LogP contribution in [0.3, 0.4) is 0 Å². The highest BCUT2D eigenvalue weighted by molar-refractivity contribution is 6.07. The van der Waals surface area contributed by atoms with E-state index in [1.807, 2.05) is 12.1 Å². The second kappa shape index (κ2) is 10.6. The van der Waals surface area contributed by atoms with E-state index in [2.05, 4.69) is 15.6 Å². The third-order valence-corrected chi connectivity index (χ3v) is 6.36. The van der Waals surface area contributed by atoms with Gasteiger partial charge >= 0.3 is 0 Å². The summed E-state index contributed by atoms with van der Waals surface area (Å²) in [6.45, 7) is 1.56. The first kappa shape index (κ1) is 25.0. The lowest BCUT2D eigenvalue weighted by molar-refractivity contribution is -0.176. The molecule has 0 spiro atoms. The molecule has 2 aliphatic heterocycles. The summed E-state index contributed by atoms with van der Waals surface area (Å²) in [7, 11) is 0. The van der Waals surface area contributed by atoms with Gasteiger partial charge in [0, 0.05) is 31.0 Å². The monoisotopic (exact) mass is 493 g/mol. The number of hydrogen-bond acceptors (Lipinski definition) is 7. The van der Waals surface area contributed by atoms with Crippen LogP contribution < -0.4 is 10.6 Å². The highest BCUT2D eigenvalue weighted by Crippen LogP contribution is 2.25. The smallest absolute Gasteiger partial charge is 0.271 e. The predicted molar refractivity (Wildman–Crippen MR) is 127 cm³/mol. The Morgan fingerprint density at radius 1 is 1.17 bits per heavy atom. The predicted octanol–water partition coefficient (Wildman–Crippen LogP) is 0.524. The van der Waals surface area contributed by atoms with Crippen LogP contribution in [0.25, 0.3) is 10.8 Å². The van der Waals surface area contributed by atoms with Crippen molar-refractivity contribution in [1.82, 2.24) is 25.6 Å². The Hall–Kier alpha value is -4.15. The molecular weight excluding hydrogens is 466 g/mol.